The summed E-state index contributed by atoms with van der Waals surface area (Å²) in [4.78, 5) is 1.16. The lowest BCUT2D eigenvalue weighted by Crippen LogP contribution is -2.48. The summed E-state index contributed by atoms with van der Waals surface area (Å²) in [5, 5.41) is 14.8. The van der Waals surface area contributed by atoms with E-state index < -0.39 is 5.54 Å². The van der Waals surface area contributed by atoms with Crippen LogP contribution in [0.1, 0.15) is 56.8 Å². The Bertz CT molecular complexity index is 848. The lowest BCUT2D eigenvalue weighted by molar-refractivity contribution is 0.244. The highest BCUT2D eigenvalue weighted by atomic mass is 32.1. The Labute approximate surface area is 165 Å². The van der Waals surface area contributed by atoms with Crippen molar-refractivity contribution >= 4 is 11.3 Å². The smallest absolute Gasteiger partial charge is 0.157 e. The zero-order chi connectivity index (χ0) is 19.7. The molecule has 6 heteroatoms. The van der Waals surface area contributed by atoms with Gasteiger partial charge in [0.25, 0.3) is 0 Å². The molecule has 1 aromatic carbocycles. The number of nitrogens with zero attached hydrogens (tertiary/aromatic N) is 4. The molecular formula is C21H29N5S. The number of nitrogens with two attached hydrogens (primary N) is 1. The maximum atomic E-state index is 7.25. The van der Waals surface area contributed by atoms with E-state index in [1.807, 2.05) is 10.7 Å². The molecule has 2 N–H and O–H groups in total. The molecule has 2 atom stereocenters. The Hall–Kier alpha value is -2.05. The SMILES string of the molecule is CC(C)C(c1nnnn1C(C)(C)C)C(N)(Cc1ccccc1)c1cccs1. The van der Waals surface area contributed by atoms with Gasteiger partial charge in [0.2, 0.25) is 0 Å². The predicted molar refractivity (Wildman–Crippen MR) is 111 cm³/mol. The van der Waals surface area contributed by atoms with Gasteiger partial charge in [-0.05, 0) is 60.5 Å². The average molecular weight is 384 g/mol. The number of hydrogen-bond donors (Lipinski definition) is 1. The second kappa shape index (κ2) is 7.52. The average Bonchev–Trinajstić information content (AvgIpc) is 3.27. The summed E-state index contributed by atoms with van der Waals surface area (Å²) in [5.41, 5.74) is 7.65. The molecule has 0 saturated heterocycles. The zero-order valence-electron chi connectivity index (χ0n) is 16.8. The first kappa shape index (κ1) is 19.7. The lowest BCUT2D eigenvalue weighted by atomic mass is 9.72. The molecule has 0 aliphatic heterocycles. The van der Waals surface area contributed by atoms with E-state index in [0.717, 1.165) is 17.1 Å². The van der Waals surface area contributed by atoms with Crippen molar-refractivity contribution in [3.63, 3.8) is 0 Å². The molecule has 27 heavy (non-hydrogen) atoms. The molecule has 0 aliphatic rings. The molecule has 2 heterocycles. The van der Waals surface area contributed by atoms with E-state index in [0.29, 0.717) is 0 Å². The van der Waals surface area contributed by atoms with E-state index in [2.05, 4.69) is 91.9 Å². The minimum atomic E-state index is -0.596. The Morgan fingerprint density at radius 2 is 1.78 bits per heavy atom. The number of thiophene rings is 1. The third-order valence-corrected chi connectivity index (χ3v) is 6.01. The minimum absolute atomic E-state index is 0.0226. The second-order valence-corrected chi connectivity index (χ2v) is 9.47. The third-order valence-electron chi connectivity index (χ3n) is 4.95. The van der Waals surface area contributed by atoms with Gasteiger partial charge in [0, 0.05) is 10.8 Å². The molecule has 144 valence electrons. The highest BCUT2D eigenvalue weighted by Gasteiger charge is 2.44. The number of tetrazole rings is 1. The molecule has 0 fully saturated rings. The van der Waals surface area contributed by atoms with Gasteiger partial charge < -0.3 is 5.73 Å². The van der Waals surface area contributed by atoms with E-state index in [-0.39, 0.29) is 17.4 Å². The van der Waals surface area contributed by atoms with Crippen LogP contribution in [0.3, 0.4) is 0 Å². The largest absolute Gasteiger partial charge is 0.320 e. The summed E-state index contributed by atoms with van der Waals surface area (Å²) in [6.45, 7) is 10.7. The van der Waals surface area contributed by atoms with Crippen molar-refractivity contribution in [2.75, 3.05) is 0 Å². The fourth-order valence-corrected chi connectivity index (χ4v) is 4.70. The Balaban J connectivity index is 2.15. The Morgan fingerprint density at radius 3 is 2.33 bits per heavy atom. The van der Waals surface area contributed by atoms with Crippen LogP contribution in [-0.2, 0) is 17.5 Å². The summed E-state index contributed by atoms with van der Waals surface area (Å²) in [5.74, 6) is 1.10. The van der Waals surface area contributed by atoms with Crippen LogP contribution >= 0.6 is 11.3 Å². The van der Waals surface area contributed by atoms with Crippen LogP contribution in [0.5, 0.6) is 0 Å². The number of hydrogen-bond acceptors (Lipinski definition) is 5. The molecule has 2 aromatic heterocycles. The van der Waals surface area contributed by atoms with Crippen molar-refractivity contribution in [2.45, 2.75) is 58.0 Å². The van der Waals surface area contributed by atoms with Crippen molar-refractivity contribution in [3.8, 4) is 0 Å². The molecule has 0 saturated carbocycles. The van der Waals surface area contributed by atoms with Gasteiger partial charge in [-0.25, -0.2) is 4.68 Å². The third kappa shape index (κ3) is 3.96. The van der Waals surface area contributed by atoms with Crippen molar-refractivity contribution in [1.82, 2.24) is 20.2 Å². The maximum Gasteiger partial charge on any atom is 0.157 e. The van der Waals surface area contributed by atoms with E-state index in [1.165, 1.54) is 5.56 Å². The molecule has 0 spiro atoms. The van der Waals surface area contributed by atoms with Gasteiger partial charge in [0.05, 0.1) is 11.1 Å². The van der Waals surface area contributed by atoms with Crippen molar-refractivity contribution in [1.29, 1.82) is 0 Å². The molecule has 0 radical (unpaired) electrons. The summed E-state index contributed by atoms with van der Waals surface area (Å²) < 4.78 is 1.93. The number of benzene rings is 1. The normalized spacial score (nSPS) is 15.7. The van der Waals surface area contributed by atoms with E-state index in [9.17, 15) is 0 Å². The van der Waals surface area contributed by atoms with Crippen molar-refractivity contribution < 1.29 is 0 Å². The topological polar surface area (TPSA) is 69.6 Å². The first-order valence-electron chi connectivity index (χ1n) is 9.39. The van der Waals surface area contributed by atoms with Gasteiger partial charge in [-0.15, -0.1) is 16.4 Å². The molecule has 3 aromatic rings. The van der Waals surface area contributed by atoms with Crippen LogP contribution in [0.2, 0.25) is 0 Å². The number of aromatic nitrogens is 4. The first-order valence-corrected chi connectivity index (χ1v) is 10.3. The van der Waals surface area contributed by atoms with Gasteiger partial charge >= 0.3 is 0 Å². The fourth-order valence-electron chi connectivity index (χ4n) is 3.82. The summed E-state index contributed by atoms with van der Waals surface area (Å²) in [7, 11) is 0. The second-order valence-electron chi connectivity index (χ2n) is 8.52. The highest BCUT2D eigenvalue weighted by molar-refractivity contribution is 7.10. The van der Waals surface area contributed by atoms with Gasteiger partial charge in [-0.2, -0.15) is 0 Å². The lowest BCUT2D eigenvalue weighted by Gasteiger charge is -2.39. The minimum Gasteiger partial charge on any atom is -0.320 e. The fraction of sp³-hybridized carbons (Fsp3) is 0.476. The van der Waals surface area contributed by atoms with Gasteiger partial charge in [-0.3, -0.25) is 0 Å². The highest BCUT2D eigenvalue weighted by Crippen LogP contribution is 2.43. The van der Waals surface area contributed by atoms with Crippen LogP contribution in [0.25, 0.3) is 0 Å². The first-order chi connectivity index (χ1) is 12.7. The quantitative estimate of drug-likeness (QED) is 0.688. The van der Waals surface area contributed by atoms with E-state index >= 15 is 0 Å². The Kier molecular flexibility index (Phi) is 5.49. The molecule has 0 bridgehead atoms. The van der Waals surface area contributed by atoms with Gasteiger partial charge in [-0.1, -0.05) is 50.2 Å². The summed E-state index contributed by atoms with van der Waals surface area (Å²) >= 11 is 1.70. The molecule has 5 nitrogen and oxygen atoms in total. The summed E-state index contributed by atoms with van der Waals surface area (Å²) in [6, 6.07) is 14.6. The molecule has 0 amide bonds. The molecule has 2 unspecified atom stereocenters. The van der Waals surface area contributed by atoms with Crippen LogP contribution in [0.4, 0.5) is 0 Å². The van der Waals surface area contributed by atoms with Gasteiger partial charge in [0.1, 0.15) is 0 Å². The van der Waals surface area contributed by atoms with Crippen molar-refractivity contribution in [3.05, 3.63) is 64.1 Å². The molecule has 3 rings (SSSR count). The van der Waals surface area contributed by atoms with Crippen LogP contribution in [0, 0.1) is 5.92 Å². The predicted octanol–water partition coefficient (Wildman–Crippen LogP) is 4.33. The van der Waals surface area contributed by atoms with Crippen LogP contribution in [-0.4, -0.2) is 20.2 Å². The Morgan fingerprint density at radius 1 is 1.07 bits per heavy atom. The summed E-state index contributed by atoms with van der Waals surface area (Å²) in [6.07, 6.45) is 0.730. The maximum absolute atomic E-state index is 7.25. The van der Waals surface area contributed by atoms with Crippen LogP contribution in [0.15, 0.2) is 47.8 Å². The van der Waals surface area contributed by atoms with Crippen molar-refractivity contribution in [2.24, 2.45) is 11.7 Å². The molecule has 0 aliphatic carbocycles. The monoisotopic (exact) mass is 383 g/mol. The van der Waals surface area contributed by atoms with E-state index in [4.69, 9.17) is 5.73 Å². The van der Waals surface area contributed by atoms with Gasteiger partial charge in [0.15, 0.2) is 5.82 Å². The zero-order valence-corrected chi connectivity index (χ0v) is 17.6. The van der Waals surface area contributed by atoms with Crippen LogP contribution < -0.4 is 5.73 Å². The number of rotatable bonds is 6. The van der Waals surface area contributed by atoms with E-state index in [1.54, 1.807) is 11.3 Å². The molecular weight excluding hydrogens is 354 g/mol. The standard InChI is InChI=1S/C21H29N5S/c1-15(2)18(19-23-24-25-26(19)20(3,4)5)21(22,17-12-9-13-27-17)14-16-10-7-6-8-11-16/h6-13,15,18H,14,22H2,1-5H3.